The molecule has 2 aliphatic rings. The van der Waals surface area contributed by atoms with Crippen LogP contribution in [0.2, 0.25) is 0 Å². The Morgan fingerprint density at radius 3 is 2.76 bits per heavy atom. The van der Waals surface area contributed by atoms with Crippen LogP contribution in [0.4, 0.5) is 0 Å². The van der Waals surface area contributed by atoms with Gasteiger partial charge in [0, 0.05) is 0 Å². The summed E-state index contributed by atoms with van der Waals surface area (Å²) in [7, 11) is 0. The summed E-state index contributed by atoms with van der Waals surface area (Å²) >= 11 is 5.06. The predicted octanol–water partition coefficient (Wildman–Crippen LogP) is 3.58. The van der Waals surface area contributed by atoms with Crippen molar-refractivity contribution in [3.05, 3.63) is 29.8 Å². The summed E-state index contributed by atoms with van der Waals surface area (Å²) in [5, 5.41) is 0. The van der Waals surface area contributed by atoms with E-state index in [0.29, 0.717) is 11.6 Å². The van der Waals surface area contributed by atoms with Crippen molar-refractivity contribution < 1.29 is 9.47 Å². The van der Waals surface area contributed by atoms with Crippen molar-refractivity contribution in [2.24, 2.45) is 5.73 Å². The molecule has 3 nitrogen and oxygen atoms in total. The lowest BCUT2D eigenvalue weighted by atomic mass is 9.83. The number of thiocarbonyl (C=S) groups is 1. The van der Waals surface area contributed by atoms with Crippen LogP contribution in [0.25, 0.3) is 0 Å². The second-order valence-electron chi connectivity index (χ2n) is 6.19. The molecule has 1 aromatic carbocycles. The Morgan fingerprint density at radius 1 is 1.24 bits per heavy atom. The number of benzene rings is 1. The maximum Gasteiger partial charge on any atom is 0.129 e. The monoisotopic (exact) mass is 305 g/mol. The first-order chi connectivity index (χ1) is 10.2. The molecule has 0 aromatic heterocycles. The summed E-state index contributed by atoms with van der Waals surface area (Å²) in [4.78, 5) is 0.377. The Hall–Kier alpha value is -1.13. The fraction of sp³-hybridized carbons (Fsp3) is 0.588. The van der Waals surface area contributed by atoms with Gasteiger partial charge in [0.1, 0.15) is 17.3 Å². The van der Waals surface area contributed by atoms with E-state index < -0.39 is 0 Å². The van der Waals surface area contributed by atoms with E-state index in [1.165, 1.54) is 38.5 Å². The first-order valence-corrected chi connectivity index (χ1v) is 8.29. The van der Waals surface area contributed by atoms with Crippen molar-refractivity contribution in [3.8, 4) is 5.75 Å². The molecule has 1 unspecified atom stereocenters. The van der Waals surface area contributed by atoms with Crippen molar-refractivity contribution in [1.29, 1.82) is 0 Å². The molecule has 1 saturated heterocycles. The average Bonchev–Trinajstić information content (AvgIpc) is 2.89. The average molecular weight is 305 g/mol. The highest BCUT2D eigenvalue weighted by Gasteiger charge is 2.40. The van der Waals surface area contributed by atoms with Crippen LogP contribution in [0, 0.1) is 0 Å². The third-order valence-electron chi connectivity index (χ3n) is 4.68. The van der Waals surface area contributed by atoms with E-state index >= 15 is 0 Å². The standard InChI is InChI=1S/C17H23NO2S/c18-16(21)14-6-2-3-7-15(14)19-12-13-8-11-17(20-13)9-4-1-5-10-17/h2-3,6-7,13H,1,4-5,8-12H2,(H2,18,21). The third-order valence-corrected chi connectivity index (χ3v) is 4.90. The zero-order valence-electron chi connectivity index (χ0n) is 12.3. The number of hydrogen-bond acceptors (Lipinski definition) is 3. The molecule has 114 valence electrons. The number of rotatable bonds is 4. The molecule has 1 aliphatic carbocycles. The Bertz CT molecular complexity index is 511. The van der Waals surface area contributed by atoms with E-state index in [9.17, 15) is 0 Å². The zero-order chi connectivity index (χ0) is 14.7. The van der Waals surface area contributed by atoms with E-state index in [4.69, 9.17) is 27.4 Å². The first-order valence-electron chi connectivity index (χ1n) is 7.88. The highest BCUT2D eigenvalue weighted by molar-refractivity contribution is 7.80. The molecular weight excluding hydrogens is 282 g/mol. The van der Waals surface area contributed by atoms with Crippen molar-refractivity contribution in [2.45, 2.75) is 56.7 Å². The molecule has 0 bridgehead atoms. The number of para-hydroxylation sites is 1. The van der Waals surface area contributed by atoms with Gasteiger partial charge in [0.25, 0.3) is 0 Å². The summed E-state index contributed by atoms with van der Waals surface area (Å²) in [5.41, 5.74) is 6.68. The van der Waals surface area contributed by atoms with Gasteiger partial charge in [-0.3, -0.25) is 0 Å². The molecule has 1 heterocycles. The van der Waals surface area contributed by atoms with E-state index in [2.05, 4.69) is 0 Å². The zero-order valence-corrected chi connectivity index (χ0v) is 13.2. The Kier molecular flexibility index (Phi) is 4.45. The lowest BCUT2D eigenvalue weighted by molar-refractivity contribution is -0.0748. The molecule has 1 aliphatic heterocycles. The van der Waals surface area contributed by atoms with Gasteiger partial charge in [-0.1, -0.05) is 43.6 Å². The van der Waals surface area contributed by atoms with Crippen molar-refractivity contribution in [3.63, 3.8) is 0 Å². The van der Waals surface area contributed by atoms with Crippen molar-refractivity contribution >= 4 is 17.2 Å². The van der Waals surface area contributed by atoms with E-state index in [-0.39, 0.29) is 11.7 Å². The summed E-state index contributed by atoms with van der Waals surface area (Å²) in [6.45, 7) is 0.585. The summed E-state index contributed by atoms with van der Waals surface area (Å²) < 4.78 is 12.2. The van der Waals surface area contributed by atoms with Gasteiger partial charge >= 0.3 is 0 Å². The molecule has 0 radical (unpaired) electrons. The number of ether oxygens (including phenoxy) is 2. The van der Waals surface area contributed by atoms with Gasteiger partial charge in [0.2, 0.25) is 0 Å². The Balaban J connectivity index is 1.58. The maximum atomic E-state index is 6.32. The highest BCUT2D eigenvalue weighted by atomic mass is 32.1. The van der Waals surface area contributed by atoms with Crippen LogP contribution in [0.3, 0.4) is 0 Å². The Morgan fingerprint density at radius 2 is 2.00 bits per heavy atom. The van der Waals surface area contributed by atoms with Gasteiger partial charge in [-0.05, 0) is 37.8 Å². The predicted molar refractivity (Wildman–Crippen MR) is 87.7 cm³/mol. The van der Waals surface area contributed by atoms with Crippen LogP contribution in [0.1, 0.15) is 50.5 Å². The molecule has 2 N–H and O–H groups in total. The van der Waals surface area contributed by atoms with Crippen LogP contribution in [0.5, 0.6) is 5.75 Å². The topological polar surface area (TPSA) is 44.5 Å². The van der Waals surface area contributed by atoms with Gasteiger partial charge in [0.15, 0.2) is 0 Å². The fourth-order valence-electron chi connectivity index (χ4n) is 3.56. The van der Waals surface area contributed by atoms with E-state index in [1.54, 1.807) is 0 Å². The highest BCUT2D eigenvalue weighted by Crippen LogP contribution is 2.42. The third kappa shape index (κ3) is 3.38. The minimum atomic E-state index is 0.148. The smallest absolute Gasteiger partial charge is 0.129 e. The normalized spacial score (nSPS) is 24.1. The first kappa shape index (κ1) is 14.8. The lowest BCUT2D eigenvalue weighted by Crippen LogP contribution is -2.33. The van der Waals surface area contributed by atoms with Crippen LogP contribution >= 0.6 is 12.2 Å². The van der Waals surface area contributed by atoms with Gasteiger partial charge in [-0.2, -0.15) is 0 Å². The van der Waals surface area contributed by atoms with E-state index in [1.807, 2.05) is 24.3 Å². The minimum Gasteiger partial charge on any atom is -0.490 e. The SMILES string of the molecule is NC(=S)c1ccccc1OCC1CCC2(CCCCC2)O1. The summed E-state index contributed by atoms with van der Waals surface area (Å²) in [6, 6.07) is 7.68. The van der Waals surface area contributed by atoms with Gasteiger partial charge in [-0.25, -0.2) is 0 Å². The van der Waals surface area contributed by atoms with Crippen molar-refractivity contribution in [2.75, 3.05) is 6.61 Å². The fourth-order valence-corrected chi connectivity index (χ4v) is 3.72. The molecule has 1 atom stereocenters. The molecule has 3 rings (SSSR count). The summed E-state index contributed by atoms with van der Waals surface area (Å²) in [6.07, 6.45) is 8.86. The molecule has 1 saturated carbocycles. The van der Waals surface area contributed by atoms with Crippen LogP contribution < -0.4 is 10.5 Å². The van der Waals surface area contributed by atoms with Gasteiger partial charge in [-0.15, -0.1) is 0 Å². The van der Waals surface area contributed by atoms with Crippen molar-refractivity contribution in [1.82, 2.24) is 0 Å². The van der Waals surface area contributed by atoms with Crippen LogP contribution in [-0.2, 0) is 4.74 Å². The number of nitrogens with two attached hydrogens (primary N) is 1. The van der Waals surface area contributed by atoms with Crippen LogP contribution in [0.15, 0.2) is 24.3 Å². The Labute approximate surface area is 131 Å². The lowest BCUT2D eigenvalue weighted by Gasteiger charge is -2.33. The number of hydrogen-bond donors (Lipinski definition) is 1. The second kappa shape index (κ2) is 6.32. The molecule has 4 heteroatoms. The van der Waals surface area contributed by atoms with Gasteiger partial charge < -0.3 is 15.2 Å². The molecule has 2 fully saturated rings. The maximum absolute atomic E-state index is 6.32. The minimum absolute atomic E-state index is 0.148. The second-order valence-corrected chi connectivity index (χ2v) is 6.63. The largest absolute Gasteiger partial charge is 0.490 e. The van der Waals surface area contributed by atoms with Gasteiger partial charge in [0.05, 0.1) is 17.3 Å². The molecular formula is C17H23NO2S. The van der Waals surface area contributed by atoms with E-state index in [0.717, 1.165) is 17.7 Å². The molecule has 0 amide bonds. The summed E-state index contributed by atoms with van der Waals surface area (Å²) in [5.74, 6) is 0.762. The van der Waals surface area contributed by atoms with Crippen LogP contribution in [-0.4, -0.2) is 23.3 Å². The molecule has 1 aromatic rings. The molecule has 21 heavy (non-hydrogen) atoms. The quantitative estimate of drug-likeness (QED) is 0.864. The molecule has 1 spiro atoms.